The molecule has 0 unspecified atom stereocenters. The van der Waals surface area contributed by atoms with E-state index in [0.717, 1.165) is 71.9 Å². The monoisotopic (exact) mass is 715 g/mol. The van der Waals surface area contributed by atoms with Crippen molar-refractivity contribution in [1.82, 2.24) is 24.1 Å². The standard InChI is InChI=1S/C51H33N5/c1-3-16-34(17-4-1)36-20-15-21-38(32-36)49-52-50(54-51(53-49)56-46-28-13-9-24-41(46)42-25-10-14-29-47(42)56)43-31-30-37(35-18-5-2-6-19-35)33-48(43)55-44-26-11-7-22-39(44)40-23-8-12-27-45(40)55/h1-33H. The van der Waals surface area contributed by atoms with Crippen LogP contribution in [0.5, 0.6) is 0 Å². The molecule has 262 valence electrons. The Hall–Kier alpha value is -7.63. The van der Waals surface area contributed by atoms with Crippen LogP contribution in [-0.2, 0) is 0 Å². The summed E-state index contributed by atoms with van der Waals surface area (Å²) < 4.78 is 4.55. The van der Waals surface area contributed by atoms with Gasteiger partial charge in [0.15, 0.2) is 11.6 Å². The second kappa shape index (κ2) is 13.0. The quantitative estimate of drug-likeness (QED) is 0.172. The van der Waals surface area contributed by atoms with E-state index in [1.165, 1.54) is 10.8 Å². The Morgan fingerprint density at radius 3 is 1.27 bits per heavy atom. The summed E-state index contributed by atoms with van der Waals surface area (Å²) in [6.07, 6.45) is 0. The van der Waals surface area contributed by atoms with Crippen LogP contribution in [0.25, 0.3) is 100 Å². The largest absolute Gasteiger partial charge is 0.308 e. The Kier molecular flexibility index (Phi) is 7.42. The van der Waals surface area contributed by atoms with Crippen LogP contribution in [0.15, 0.2) is 200 Å². The first-order valence-corrected chi connectivity index (χ1v) is 18.9. The van der Waals surface area contributed by atoms with Crippen LogP contribution in [0.1, 0.15) is 0 Å². The second-order valence-corrected chi connectivity index (χ2v) is 14.1. The molecule has 0 bridgehead atoms. The highest BCUT2D eigenvalue weighted by molar-refractivity contribution is 6.10. The van der Waals surface area contributed by atoms with Crippen LogP contribution < -0.4 is 0 Å². The molecule has 0 aliphatic heterocycles. The van der Waals surface area contributed by atoms with Crippen molar-refractivity contribution in [3.8, 4) is 56.7 Å². The molecule has 8 aromatic carbocycles. The lowest BCUT2D eigenvalue weighted by Crippen LogP contribution is -2.08. The van der Waals surface area contributed by atoms with E-state index in [9.17, 15) is 0 Å². The fourth-order valence-corrected chi connectivity index (χ4v) is 8.22. The molecule has 0 saturated carbocycles. The maximum absolute atomic E-state index is 5.41. The summed E-state index contributed by atoms with van der Waals surface area (Å²) in [6.45, 7) is 0. The minimum atomic E-state index is 0.563. The molecule has 3 aromatic heterocycles. The zero-order valence-corrected chi connectivity index (χ0v) is 30.3. The molecule has 11 rings (SSSR count). The molecule has 0 amide bonds. The predicted molar refractivity (Wildman–Crippen MR) is 230 cm³/mol. The fourth-order valence-electron chi connectivity index (χ4n) is 8.22. The Labute approximate surface area is 323 Å². The highest BCUT2D eigenvalue weighted by atomic mass is 15.2. The Balaban J connectivity index is 1.23. The fraction of sp³-hybridized carbons (Fsp3) is 0. The Morgan fingerprint density at radius 1 is 0.286 bits per heavy atom. The first-order valence-electron chi connectivity index (χ1n) is 18.9. The second-order valence-electron chi connectivity index (χ2n) is 14.1. The lowest BCUT2D eigenvalue weighted by molar-refractivity contribution is 0.952. The van der Waals surface area contributed by atoms with Crippen LogP contribution in [0.3, 0.4) is 0 Å². The van der Waals surface area contributed by atoms with Crippen molar-refractivity contribution in [2.75, 3.05) is 0 Å². The maximum atomic E-state index is 5.41. The van der Waals surface area contributed by atoms with E-state index in [1.54, 1.807) is 0 Å². The van der Waals surface area contributed by atoms with Crippen molar-refractivity contribution in [2.45, 2.75) is 0 Å². The van der Waals surface area contributed by atoms with Crippen LogP contribution >= 0.6 is 0 Å². The van der Waals surface area contributed by atoms with Crippen molar-refractivity contribution in [1.29, 1.82) is 0 Å². The van der Waals surface area contributed by atoms with Crippen LogP contribution in [0, 0.1) is 0 Å². The van der Waals surface area contributed by atoms with Gasteiger partial charge in [-0.1, -0.05) is 158 Å². The number of rotatable bonds is 6. The topological polar surface area (TPSA) is 48.5 Å². The molecule has 3 heterocycles. The molecule has 0 atom stereocenters. The van der Waals surface area contributed by atoms with Gasteiger partial charge in [-0.05, 0) is 64.7 Å². The molecule has 0 radical (unpaired) electrons. The summed E-state index contributed by atoms with van der Waals surface area (Å²) in [5.41, 5.74) is 11.6. The number of para-hydroxylation sites is 4. The molecule has 5 heteroatoms. The zero-order valence-electron chi connectivity index (χ0n) is 30.3. The van der Waals surface area contributed by atoms with Crippen LogP contribution in [0.2, 0.25) is 0 Å². The third kappa shape index (κ3) is 5.21. The van der Waals surface area contributed by atoms with E-state index in [-0.39, 0.29) is 0 Å². The summed E-state index contributed by atoms with van der Waals surface area (Å²) in [4.78, 5) is 16.1. The van der Waals surface area contributed by atoms with Gasteiger partial charge in [-0.2, -0.15) is 9.97 Å². The Bertz CT molecular complexity index is 3140. The van der Waals surface area contributed by atoms with Crippen molar-refractivity contribution >= 4 is 43.6 Å². The molecule has 0 saturated heterocycles. The number of nitrogens with zero attached hydrogens (tertiary/aromatic N) is 5. The molecule has 0 aliphatic carbocycles. The first-order chi connectivity index (χ1) is 27.8. The first kappa shape index (κ1) is 31.9. The van der Waals surface area contributed by atoms with Crippen molar-refractivity contribution in [3.05, 3.63) is 200 Å². The number of hydrogen-bond donors (Lipinski definition) is 0. The molecule has 0 spiro atoms. The SMILES string of the molecule is c1ccc(-c2cccc(-c3nc(-c4ccc(-c5ccccc5)cc4-n4c5ccccc5c5ccccc54)nc(-n4c5ccccc5c5ccccc54)n3)c2)cc1. The molecule has 0 fully saturated rings. The average Bonchev–Trinajstić information content (AvgIpc) is 3.80. The predicted octanol–water partition coefficient (Wildman–Crippen LogP) is 12.7. The molecule has 0 aliphatic rings. The number of benzene rings is 8. The van der Waals surface area contributed by atoms with Gasteiger partial charge in [0.25, 0.3) is 0 Å². The van der Waals surface area contributed by atoms with Crippen LogP contribution in [0.4, 0.5) is 0 Å². The van der Waals surface area contributed by atoms with E-state index < -0.39 is 0 Å². The van der Waals surface area contributed by atoms with E-state index in [1.807, 2.05) is 6.07 Å². The highest BCUT2D eigenvalue weighted by Gasteiger charge is 2.22. The van der Waals surface area contributed by atoms with E-state index >= 15 is 0 Å². The van der Waals surface area contributed by atoms with Crippen LogP contribution in [-0.4, -0.2) is 24.1 Å². The zero-order chi connectivity index (χ0) is 37.0. The van der Waals surface area contributed by atoms with Gasteiger partial charge in [0.05, 0.1) is 27.8 Å². The average molecular weight is 716 g/mol. The molecule has 5 nitrogen and oxygen atoms in total. The smallest absolute Gasteiger partial charge is 0.238 e. The lowest BCUT2D eigenvalue weighted by Gasteiger charge is -2.17. The summed E-state index contributed by atoms with van der Waals surface area (Å²) >= 11 is 0. The summed E-state index contributed by atoms with van der Waals surface area (Å²) in [7, 11) is 0. The maximum Gasteiger partial charge on any atom is 0.238 e. The van der Waals surface area contributed by atoms with Gasteiger partial charge in [0.1, 0.15) is 0 Å². The number of hydrogen-bond acceptors (Lipinski definition) is 3. The van der Waals surface area contributed by atoms with Gasteiger partial charge < -0.3 is 4.57 Å². The van der Waals surface area contributed by atoms with Gasteiger partial charge >= 0.3 is 0 Å². The van der Waals surface area contributed by atoms with Crippen molar-refractivity contribution < 1.29 is 0 Å². The van der Waals surface area contributed by atoms with E-state index in [4.69, 9.17) is 15.0 Å². The van der Waals surface area contributed by atoms with Gasteiger partial charge in [-0.25, -0.2) is 4.98 Å². The summed E-state index contributed by atoms with van der Waals surface area (Å²) in [5.74, 6) is 1.76. The van der Waals surface area contributed by atoms with E-state index in [0.29, 0.717) is 17.6 Å². The van der Waals surface area contributed by atoms with Crippen molar-refractivity contribution in [2.24, 2.45) is 0 Å². The number of aromatic nitrogens is 5. The third-order valence-corrected chi connectivity index (χ3v) is 10.8. The lowest BCUT2D eigenvalue weighted by atomic mass is 10.0. The summed E-state index contributed by atoms with van der Waals surface area (Å²) in [6, 6.07) is 70.3. The van der Waals surface area contributed by atoms with Gasteiger partial charge in [-0.3, -0.25) is 4.57 Å². The summed E-state index contributed by atoms with van der Waals surface area (Å²) in [5, 5.41) is 4.69. The molecular formula is C51H33N5. The van der Waals surface area contributed by atoms with E-state index in [2.05, 4.69) is 203 Å². The van der Waals surface area contributed by atoms with Crippen molar-refractivity contribution in [3.63, 3.8) is 0 Å². The van der Waals surface area contributed by atoms with Gasteiger partial charge in [0, 0.05) is 32.7 Å². The normalized spacial score (nSPS) is 11.6. The third-order valence-electron chi connectivity index (χ3n) is 10.8. The number of fused-ring (bicyclic) bond motifs is 6. The molecule has 11 aromatic rings. The minimum Gasteiger partial charge on any atom is -0.308 e. The molecule has 56 heavy (non-hydrogen) atoms. The van der Waals surface area contributed by atoms with Gasteiger partial charge in [-0.15, -0.1) is 0 Å². The minimum absolute atomic E-state index is 0.563. The van der Waals surface area contributed by atoms with Gasteiger partial charge in [0.2, 0.25) is 5.95 Å². The molecule has 0 N–H and O–H groups in total. The highest BCUT2D eigenvalue weighted by Crippen LogP contribution is 2.39. The molecular weight excluding hydrogens is 683 g/mol. The Morgan fingerprint density at radius 2 is 0.714 bits per heavy atom.